The molecule has 1 aromatic carbocycles. The lowest BCUT2D eigenvalue weighted by Crippen LogP contribution is -2.28. The maximum Gasteiger partial charge on any atom is 0.310 e. The summed E-state index contributed by atoms with van der Waals surface area (Å²) >= 11 is 0. The highest BCUT2D eigenvalue weighted by atomic mass is 16.5. The molecule has 1 saturated carbocycles. The minimum absolute atomic E-state index is 0.125. The SMILES string of the molecule is O=C(O)C(COc1cccc(O)c1)C1CCCC1. The van der Waals surface area contributed by atoms with Crippen LogP contribution in [-0.2, 0) is 4.79 Å². The molecule has 0 spiro atoms. The number of carbonyl (C=O) groups is 1. The average Bonchev–Trinajstić information content (AvgIpc) is 2.82. The second-order valence-electron chi connectivity index (χ2n) is 4.80. The molecule has 2 rings (SSSR count). The van der Waals surface area contributed by atoms with Crippen molar-refractivity contribution in [3.05, 3.63) is 24.3 Å². The van der Waals surface area contributed by atoms with E-state index in [0.29, 0.717) is 5.75 Å². The number of carboxylic acid groups (broad SMARTS) is 1. The van der Waals surface area contributed by atoms with E-state index in [9.17, 15) is 15.0 Å². The molecule has 2 N–H and O–H groups in total. The van der Waals surface area contributed by atoms with Gasteiger partial charge in [0.15, 0.2) is 0 Å². The molecule has 0 saturated heterocycles. The summed E-state index contributed by atoms with van der Waals surface area (Å²) in [5.41, 5.74) is 0. The quantitative estimate of drug-likeness (QED) is 0.843. The molecular formula is C14H18O4. The zero-order valence-electron chi connectivity index (χ0n) is 10.2. The van der Waals surface area contributed by atoms with Gasteiger partial charge in [-0.15, -0.1) is 0 Å². The molecule has 4 heteroatoms. The molecule has 1 aromatic rings. The van der Waals surface area contributed by atoms with Gasteiger partial charge in [0.25, 0.3) is 0 Å². The number of benzene rings is 1. The van der Waals surface area contributed by atoms with Gasteiger partial charge in [0.05, 0.1) is 5.92 Å². The summed E-state index contributed by atoms with van der Waals surface area (Å²) < 4.78 is 5.48. The third-order valence-electron chi connectivity index (χ3n) is 3.53. The Hall–Kier alpha value is -1.71. The van der Waals surface area contributed by atoms with Crippen LogP contribution in [0.5, 0.6) is 11.5 Å². The van der Waals surface area contributed by atoms with Crippen molar-refractivity contribution in [3.8, 4) is 11.5 Å². The molecule has 98 valence electrons. The van der Waals surface area contributed by atoms with E-state index in [2.05, 4.69) is 0 Å². The van der Waals surface area contributed by atoms with Crippen LogP contribution in [0, 0.1) is 11.8 Å². The predicted molar refractivity (Wildman–Crippen MR) is 66.7 cm³/mol. The van der Waals surface area contributed by atoms with Crippen LogP contribution in [-0.4, -0.2) is 22.8 Å². The van der Waals surface area contributed by atoms with Gasteiger partial charge in [-0.2, -0.15) is 0 Å². The molecule has 1 aliphatic carbocycles. The molecule has 0 aromatic heterocycles. The number of hydrogen-bond donors (Lipinski definition) is 2. The monoisotopic (exact) mass is 250 g/mol. The third-order valence-corrected chi connectivity index (χ3v) is 3.53. The molecule has 1 fully saturated rings. The first-order valence-corrected chi connectivity index (χ1v) is 6.31. The van der Waals surface area contributed by atoms with E-state index in [0.717, 1.165) is 25.7 Å². The molecule has 0 aliphatic heterocycles. The van der Waals surface area contributed by atoms with Crippen molar-refractivity contribution in [2.75, 3.05) is 6.61 Å². The number of aliphatic carboxylic acids is 1. The molecule has 0 amide bonds. The van der Waals surface area contributed by atoms with Gasteiger partial charge >= 0.3 is 5.97 Å². The van der Waals surface area contributed by atoms with Gasteiger partial charge in [-0.1, -0.05) is 18.9 Å². The van der Waals surface area contributed by atoms with Gasteiger partial charge in [0, 0.05) is 6.07 Å². The van der Waals surface area contributed by atoms with E-state index in [1.54, 1.807) is 18.2 Å². The first kappa shape index (κ1) is 12.7. The summed E-state index contributed by atoms with van der Waals surface area (Å²) in [6, 6.07) is 6.44. The second-order valence-corrected chi connectivity index (χ2v) is 4.80. The Bertz CT molecular complexity index is 410. The Morgan fingerprint density at radius 2 is 2.11 bits per heavy atom. The molecule has 1 aliphatic rings. The number of carboxylic acids is 1. The smallest absolute Gasteiger partial charge is 0.310 e. The Balaban J connectivity index is 1.95. The molecule has 1 unspecified atom stereocenters. The fourth-order valence-corrected chi connectivity index (χ4v) is 2.53. The molecule has 4 nitrogen and oxygen atoms in total. The average molecular weight is 250 g/mol. The molecule has 1 atom stereocenters. The maximum atomic E-state index is 11.2. The number of aromatic hydroxyl groups is 1. The van der Waals surface area contributed by atoms with Crippen LogP contribution in [0.4, 0.5) is 0 Å². The van der Waals surface area contributed by atoms with Crippen molar-refractivity contribution in [2.24, 2.45) is 11.8 Å². The first-order valence-electron chi connectivity index (χ1n) is 6.31. The normalized spacial score (nSPS) is 17.6. The standard InChI is InChI=1S/C14H18O4/c15-11-6-3-7-12(8-11)18-9-13(14(16)17)10-4-1-2-5-10/h3,6-8,10,13,15H,1-2,4-5,9H2,(H,16,17). The van der Waals surface area contributed by atoms with Crippen LogP contribution >= 0.6 is 0 Å². The summed E-state index contributed by atoms with van der Waals surface area (Å²) in [6.07, 6.45) is 4.17. The number of ether oxygens (including phenoxy) is 1. The summed E-state index contributed by atoms with van der Waals surface area (Å²) in [6.45, 7) is 0.170. The van der Waals surface area contributed by atoms with Crippen LogP contribution in [0.15, 0.2) is 24.3 Å². The van der Waals surface area contributed by atoms with Gasteiger partial charge in [-0.3, -0.25) is 4.79 Å². The first-order chi connectivity index (χ1) is 8.66. The number of phenols is 1. The molecule has 0 heterocycles. The zero-order chi connectivity index (χ0) is 13.0. The van der Waals surface area contributed by atoms with Crippen LogP contribution < -0.4 is 4.74 Å². The van der Waals surface area contributed by atoms with Gasteiger partial charge in [-0.25, -0.2) is 0 Å². The minimum Gasteiger partial charge on any atom is -0.508 e. The highest BCUT2D eigenvalue weighted by Crippen LogP contribution is 2.32. The lowest BCUT2D eigenvalue weighted by atomic mass is 9.92. The summed E-state index contributed by atoms with van der Waals surface area (Å²) in [5, 5.41) is 18.5. The Kier molecular flexibility index (Phi) is 4.07. The van der Waals surface area contributed by atoms with Gasteiger partial charge in [0.1, 0.15) is 18.1 Å². The largest absolute Gasteiger partial charge is 0.508 e. The fraction of sp³-hybridized carbons (Fsp3) is 0.500. The third kappa shape index (κ3) is 3.15. The van der Waals surface area contributed by atoms with E-state index in [1.807, 2.05) is 0 Å². The van der Waals surface area contributed by atoms with E-state index in [1.165, 1.54) is 6.07 Å². The minimum atomic E-state index is -0.790. The lowest BCUT2D eigenvalue weighted by Gasteiger charge is -2.19. The van der Waals surface area contributed by atoms with Crippen LogP contribution in [0.3, 0.4) is 0 Å². The van der Waals surface area contributed by atoms with Crippen molar-refractivity contribution in [1.82, 2.24) is 0 Å². The van der Waals surface area contributed by atoms with E-state index >= 15 is 0 Å². The van der Waals surface area contributed by atoms with Crippen LogP contribution in [0.25, 0.3) is 0 Å². The Morgan fingerprint density at radius 1 is 1.39 bits per heavy atom. The highest BCUT2D eigenvalue weighted by Gasteiger charge is 2.31. The molecular weight excluding hydrogens is 232 g/mol. The topological polar surface area (TPSA) is 66.8 Å². The highest BCUT2D eigenvalue weighted by molar-refractivity contribution is 5.70. The molecule has 18 heavy (non-hydrogen) atoms. The van der Waals surface area contributed by atoms with Crippen molar-refractivity contribution in [1.29, 1.82) is 0 Å². The fourth-order valence-electron chi connectivity index (χ4n) is 2.53. The summed E-state index contributed by atoms with van der Waals surface area (Å²) in [4.78, 5) is 11.2. The van der Waals surface area contributed by atoms with Gasteiger partial charge < -0.3 is 14.9 Å². The number of hydrogen-bond acceptors (Lipinski definition) is 3. The lowest BCUT2D eigenvalue weighted by molar-refractivity contribution is -0.144. The number of phenolic OH excluding ortho intramolecular Hbond substituents is 1. The number of rotatable bonds is 5. The molecule has 0 bridgehead atoms. The maximum absolute atomic E-state index is 11.2. The van der Waals surface area contributed by atoms with Crippen molar-refractivity contribution < 1.29 is 19.7 Å². The summed E-state index contributed by atoms with van der Waals surface area (Å²) in [5.74, 6) is -0.379. The van der Waals surface area contributed by atoms with E-state index in [4.69, 9.17) is 4.74 Å². The predicted octanol–water partition coefficient (Wildman–Crippen LogP) is 2.66. The van der Waals surface area contributed by atoms with Crippen molar-refractivity contribution in [3.63, 3.8) is 0 Å². The zero-order valence-corrected chi connectivity index (χ0v) is 10.2. The summed E-state index contributed by atoms with van der Waals surface area (Å²) in [7, 11) is 0. The Morgan fingerprint density at radius 3 is 2.72 bits per heavy atom. The van der Waals surface area contributed by atoms with E-state index in [-0.39, 0.29) is 18.3 Å². The van der Waals surface area contributed by atoms with Crippen LogP contribution in [0.2, 0.25) is 0 Å². The Labute approximate surface area is 106 Å². The molecule has 0 radical (unpaired) electrons. The van der Waals surface area contributed by atoms with Gasteiger partial charge in [0.2, 0.25) is 0 Å². The van der Waals surface area contributed by atoms with Crippen LogP contribution in [0.1, 0.15) is 25.7 Å². The second kappa shape index (κ2) is 5.76. The van der Waals surface area contributed by atoms with Crippen molar-refractivity contribution >= 4 is 5.97 Å². The van der Waals surface area contributed by atoms with E-state index < -0.39 is 11.9 Å². The van der Waals surface area contributed by atoms with Gasteiger partial charge in [-0.05, 0) is 30.9 Å². The van der Waals surface area contributed by atoms with Crippen molar-refractivity contribution in [2.45, 2.75) is 25.7 Å².